The second kappa shape index (κ2) is 6.69. The summed E-state index contributed by atoms with van der Waals surface area (Å²) in [5.74, 6) is 0. The maximum Gasteiger partial charge on any atom is 0.0961 e. The number of hydrogen-bond donors (Lipinski definition) is 2. The van der Waals surface area contributed by atoms with Gasteiger partial charge in [-0.1, -0.05) is 13.8 Å². The van der Waals surface area contributed by atoms with Gasteiger partial charge in [0.05, 0.1) is 6.73 Å². The number of ether oxygens (including phenoxy) is 1. The average Bonchev–Trinajstić information content (AvgIpc) is 2.13. The number of methoxy groups -OCH3 is 1. The van der Waals surface area contributed by atoms with Crippen LogP contribution in [0.5, 0.6) is 0 Å². The minimum atomic E-state index is 0.0744. The fourth-order valence-corrected chi connectivity index (χ4v) is 1.62. The summed E-state index contributed by atoms with van der Waals surface area (Å²) in [6, 6.07) is 0. The van der Waals surface area contributed by atoms with Crippen LogP contribution in [0.15, 0.2) is 11.9 Å². The minimum Gasteiger partial charge on any atom is -0.393 e. The van der Waals surface area contributed by atoms with E-state index in [2.05, 4.69) is 43.5 Å². The molecule has 0 amide bonds. The van der Waals surface area contributed by atoms with E-state index < -0.39 is 0 Å². The van der Waals surface area contributed by atoms with Crippen LogP contribution in [-0.4, -0.2) is 46.4 Å². The van der Waals surface area contributed by atoms with E-state index in [1.54, 1.807) is 7.11 Å². The van der Waals surface area contributed by atoms with Crippen molar-refractivity contribution in [3.05, 3.63) is 11.9 Å². The summed E-state index contributed by atoms with van der Waals surface area (Å²) < 4.78 is 4.98. The minimum absolute atomic E-state index is 0.0744. The summed E-state index contributed by atoms with van der Waals surface area (Å²) in [4.78, 5) is 2.13. The van der Waals surface area contributed by atoms with Crippen LogP contribution in [0.1, 0.15) is 13.8 Å². The van der Waals surface area contributed by atoms with E-state index in [0.29, 0.717) is 6.73 Å². The lowest BCUT2D eigenvalue weighted by Crippen LogP contribution is -2.37. The molecule has 0 unspecified atom stereocenters. The Hall–Kier alpha value is -0.740. The zero-order valence-electron chi connectivity index (χ0n) is 10.8. The quantitative estimate of drug-likeness (QED) is 0.487. The molecule has 0 aliphatic rings. The first-order valence-electron chi connectivity index (χ1n) is 5.20. The molecule has 0 aromatic carbocycles. The number of nitrogens with one attached hydrogen (secondary N) is 2. The highest BCUT2D eigenvalue weighted by Gasteiger charge is 2.24. The first-order chi connectivity index (χ1) is 6.95. The van der Waals surface area contributed by atoms with Gasteiger partial charge in [-0.15, -0.1) is 0 Å². The van der Waals surface area contributed by atoms with Crippen molar-refractivity contribution in [2.45, 2.75) is 13.8 Å². The first-order valence-corrected chi connectivity index (χ1v) is 5.20. The van der Waals surface area contributed by atoms with Crippen LogP contribution in [0, 0.1) is 5.41 Å². The molecule has 4 heteroatoms. The molecule has 0 heterocycles. The van der Waals surface area contributed by atoms with E-state index in [-0.39, 0.29) is 5.41 Å². The van der Waals surface area contributed by atoms with Crippen molar-refractivity contribution in [1.29, 1.82) is 0 Å². The van der Waals surface area contributed by atoms with E-state index in [9.17, 15) is 0 Å². The summed E-state index contributed by atoms with van der Waals surface area (Å²) >= 11 is 0. The van der Waals surface area contributed by atoms with Gasteiger partial charge in [0.25, 0.3) is 0 Å². The lowest BCUT2D eigenvalue weighted by Gasteiger charge is -2.33. The predicted octanol–water partition coefficient (Wildman–Crippen LogP) is 0.829. The molecule has 90 valence electrons. The largest absolute Gasteiger partial charge is 0.393 e. The van der Waals surface area contributed by atoms with E-state index in [0.717, 1.165) is 6.54 Å². The summed E-state index contributed by atoms with van der Waals surface area (Å²) in [5, 5.41) is 6.33. The maximum absolute atomic E-state index is 4.98. The summed E-state index contributed by atoms with van der Waals surface area (Å²) in [6.07, 6.45) is 2.04. The maximum atomic E-state index is 4.98. The third-order valence-electron chi connectivity index (χ3n) is 2.27. The zero-order chi connectivity index (χ0) is 11.9. The topological polar surface area (TPSA) is 36.5 Å². The second-order valence-electron chi connectivity index (χ2n) is 4.46. The molecule has 0 atom stereocenters. The molecular weight excluding hydrogens is 190 g/mol. The molecule has 2 N–H and O–H groups in total. The van der Waals surface area contributed by atoms with Gasteiger partial charge in [0.15, 0.2) is 0 Å². The van der Waals surface area contributed by atoms with Gasteiger partial charge in [-0.05, 0) is 0 Å². The SMILES string of the molecule is CN/C=C(/N(C)C)C(C)(C)CNCOC. The van der Waals surface area contributed by atoms with Gasteiger partial charge in [0.2, 0.25) is 0 Å². The van der Waals surface area contributed by atoms with Crippen LogP contribution in [-0.2, 0) is 4.74 Å². The molecule has 0 spiro atoms. The predicted molar refractivity (Wildman–Crippen MR) is 64.5 cm³/mol. The molecule has 15 heavy (non-hydrogen) atoms. The fraction of sp³-hybridized carbons (Fsp3) is 0.818. The highest BCUT2D eigenvalue weighted by atomic mass is 16.5. The summed E-state index contributed by atoms with van der Waals surface area (Å²) in [6.45, 7) is 5.88. The molecular formula is C11H25N3O. The van der Waals surface area contributed by atoms with Crippen molar-refractivity contribution in [2.24, 2.45) is 5.41 Å². The fourth-order valence-electron chi connectivity index (χ4n) is 1.62. The molecule has 0 aromatic rings. The summed E-state index contributed by atoms with van der Waals surface area (Å²) in [7, 11) is 7.72. The number of rotatable bonds is 7. The van der Waals surface area contributed by atoms with Crippen molar-refractivity contribution in [1.82, 2.24) is 15.5 Å². The molecule has 4 nitrogen and oxygen atoms in total. The van der Waals surface area contributed by atoms with Crippen LogP contribution in [0.3, 0.4) is 0 Å². The van der Waals surface area contributed by atoms with Gasteiger partial charge in [0, 0.05) is 52.1 Å². The van der Waals surface area contributed by atoms with E-state index >= 15 is 0 Å². The molecule has 0 rings (SSSR count). The van der Waals surface area contributed by atoms with Gasteiger partial charge in [0.1, 0.15) is 0 Å². The molecule has 0 bridgehead atoms. The first kappa shape index (κ1) is 14.3. The van der Waals surface area contributed by atoms with E-state index in [4.69, 9.17) is 4.74 Å². The van der Waals surface area contributed by atoms with Crippen LogP contribution >= 0.6 is 0 Å². The van der Waals surface area contributed by atoms with Gasteiger partial charge >= 0.3 is 0 Å². The highest BCUT2D eigenvalue weighted by molar-refractivity contribution is 5.09. The van der Waals surface area contributed by atoms with Crippen LogP contribution in [0.25, 0.3) is 0 Å². The third-order valence-corrected chi connectivity index (χ3v) is 2.27. The molecule has 0 aliphatic heterocycles. The monoisotopic (exact) mass is 215 g/mol. The lowest BCUT2D eigenvalue weighted by molar-refractivity contribution is 0.161. The highest BCUT2D eigenvalue weighted by Crippen LogP contribution is 2.26. The third kappa shape index (κ3) is 5.04. The van der Waals surface area contributed by atoms with Crippen LogP contribution in [0.4, 0.5) is 0 Å². The van der Waals surface area contributed by atoms with Gasteiger partial charge in [-0.25, -0.2) is 0 Å². The average molecular weight is 215 g/mol. The Morgan fingerprint density at radius 3 is 2.40 bits per heavy atom. The van der Waals surface area contributed by atoms with Gasteiger partial charge in [-0.3, -0.25) is 5.32 Å². The molecule has 0 saturated carbocycles. The smallest absolute Gasteiger partial charge is 0.0961 e. The number of nitrogens with zero attached hydrogens (tertiary/aromatic N) is 1. The van der Waals surface area contributed by atoms with Gasteiger partial charge in [-0.2, -0.15) is 0 Å². The number of hydrogen-bond acceptors (Lipinski definition) is 4. The lowest BCUT2D eigenvalue weighted by atomic mass is 9.88. The zero-order valence-corrected chi connectivity index (χ0v) is 10.8. The van der Waals surface area contributed by atoms with Crippen molar-refractivity contribution in [3.8, 4) is 0 Å². The molecule has 0 saturated heterocycles. The van der Waals surface area contributed by atoms with Crippen molar-refractivity contribution < 1.29 is 4.74 Å². The second-order valence-corrected chi connectivity index (χ2v) is 4.46. The van der Waals surface area contributed by atoms with E-state index in [1.165, 1.54) is 5.70 Å². The molecule has 0 fully saturated rings. The Morgan fingerprint density at radius 1 is 1.40 bits per heavy atom. The molecule has 0 aromatic heterocycles. The van der Waals surface area contributed by atoms with E-state index in [1.807, 2.05) is 13.2 Å². The van der Waals surface area contributed by atoms with Crippen LogP contribution < -0.4 is 10.6 Å². The molecule has 0 aliphatic carbocycles. The van der Waals surface area contributed by atoms with Crippen molar-refractivity contribution in [3.63, 3.8) is 0 Å². The van der Waals surface area contributed by atoms with Crippen LogP contribution in [0.2, 0.25) is 0 Å². The Kier molecular flexibility index (Phi) is 6.36. The van der Waals surface area contributed by atoms with Gasteiger partial charge < -0.3 is 15.0 Å². The Labute approximate surface area is 93.7 Å². The standard InChI is InChI=1S/C11H25N3O/c1-11(2,8-13-9-15-6)10(7-12-3)14(4)5/h7,12-13H,8-9H2,1-6H3/b10-7+. The summed E-state index contributed by atoms with van der Waals surface area (Å²) in [5.41, 5.74) is 1.33. The van der Waals surface area contributed by atoms with Crippen molar-refractivity contribution >= 4 is 0 Å². The Bertz CT molecular complexity index is 200. The normalized spacial score (nSPS) is 12.8. The Morgan fingerprint density at radius 2 is 2.00 bits per heavy atom. The van der Waals surface area contributed by atoms with Crippen molar-refractivity contribution in [2.75, 3.05) is 41.5 Å². The Balaban J connectivity index is 4.43. The molecule has 0 radical (unpaired) electrons.